The number of hydrogen-bond donors (Lipinski definition) is 0. The second-order valence-electron chi connectivity index (χ2n) is 2.48. The zero-order chi connectivity index (χ0) is 8.10. The Morgan fingerprint density at radius 3 is 2.83 bits per heavy atom. The molecule has 1 atom stereocenters. The third-order valence-electron chi connectivity index (χ3n) is 1.52. The Labute approximate surface area is 119 Å². The van der Waals surface area contributed by atoms with Crippen LogP contribution in [0.1, 0.15) is 19.3 Å². The van der Waals surface area contributed by atoms with E-state index < -0.39 is 5.97 Å². The van der Waals surface area contributed by atoms with E-state index in [1.54, 1.807) is 0 Å². The second kappa shape index (κ2) is 7.79. The van der Waals surface area contributed by atoms with Crippen molar-refractivity contribution in [2.24, 2.45) is 0 Å². The number of aliphatic carboxylic acids is 1. The van der Waals surface area contributed by atoms with Crippen LogP contribution in [0.15, 0.2) is 0 Å². The molecule has 0 aliphatic carbocycles. The number of hydrogen-bond acceptors (Lipinski definition) is 4. The van der Waals surface area contributed by atoms with Crippen molar-refractivity contribution in [2.75, 3.05) is 12.4 Å². The maximum atomic E-state index is 10.1. The van der Waals surface area contributed by atoms with Gasteiger partial charge in [-0.3, -0.25) is 0 Å². The number of carbonyl (C=O) groups excluding carboxylic acids is 1. The summed E-state index contributed by atoms with van der Waals surface area (Å²) >= 11 is 1.32. The number of carboxylic acid groups (broad SMARTS) is 1. The van der Waals surface area contributed by atoms with Crippen molar-refractivity contribution in [1.82, 2.24) is 0 Å². The van der Waals surface area contributed by atoms with Crippen molar-refractivity contribution in [1.29, 1.82) is 0 Å². The molecular formula is C7H11KO3S. The van der Waals surface area contributed by atoms with Gasteiger partial charge in [0.15, 0.2) is 0 Å². The van der Waals surface area contributed by atoms with E-state index in [2.05, 4.69) is 0 Å². The second-order valence-corrected chi connectivity index (χ2v) is 3.63. The summed E-state index contributed by atoms with van der Waals surface area (Å²) in [5.41, 5.74) is 0.0849. The Kier molecular flexibility index (Phi) is 8.71. The van der Waals surface area contributed by atoms with Gasteiger partial charge in [-0.15, -0.1) is 11.8 Å². The van der Waals surface area contributed by atoms with Gasteiger partial charge in [-0.05, 0) is 19.3 Å². The summed E-state index contributed by atoms with van der Waals surface area (Å²) in [6.45, 7) is 0.769. The summed E-state index contributed by atoms with van der Waals surface area (Å²) in [5, 5.41) is 10.1. The van der Waals surface area contributed by atoms with Gasteiger partial charge in [0, 0.05) is 12.4 Å². The summed E-state index contributed by atoms with van der Waals surface area (Å²) in [5.74, 6) is -0.964. The molecule has 0 spiro atoms. The monoisotopic (exact) mass is 214 g/mol. The fourth-order valence-electron chi connectivity index (χ4n) is 1.00. The molecule has 12 heavy (non-hydrogen) atoms. The van der Waals surface area contributed by atoms with Gasteiger partial charge in [0.25, 0.3) is 0 Å². The quantitative estimate of drug-likeness (QED) is 0.470. The fourth-order valence-corrected chi connectivity index (χ4v) is 1.85. The Morgan fingerprint density at radius 2 is 2.33 bits per heavy atom. The Bertz CT molecular complexity index is 137. The van der Waals surface area contributed by atoms with E-state index >= 15 is 0 Å². The largest absolute Gasteiger partial charge is 1.00 e. The minimum Gasteiger partial charge on any atom is -0.549 e. The van der Waals surface area contributed by atoms with Gasteiger partial charge in [-0.1, -0.05) is 0 Å². The van der Waals surface area contributed by atoms with E-state index in [1.807, 2.05) is 0 Å². The van der Waals surface area contributed by atoms with Gasteiger partial charge in [-0.25, -0.2) is 0 Å². The van der Waals surface area contributed by atoms with Crippen LogP contribution in [0, 0.1) is 0 Å². The minimum absolute atomic E-state index is 0. The molecule has 0 saturated carbocycles. The van der Waals surface area contributed by atoms with Crippen LogP contribution in [0.25, 0.3) is 0 Å². The normalized spacial score (nSPS) is 22.8. The van der Waals surface area contributed by atoms with Crippen LogP contribution in [0.3, 0.4) is 0 Å². The molecule has 1 unspecified atom stereocenters. The molecule has 0 amide bonds. The molecule has 0 N–H and O–H groups in total. The van der Waals surface area contributed by atoms with E-state index in [1.165, 1.54) is 11.8 Å². The summed E-state index contributed by atoms with van der Waals surface area (Å²) in [6.07, 6.45) is 3.21. The van der Waals surface area contributed by atoms with Crippen molar-refractivity contribution < 1.29 is 66.0 Å². The molecule has 0 radical (unpaired) electrons. The van der Waals surface area contributed by atoms with Crippen LogP contribution in [0.5, 0.6) is 0 Å². The predicted molar refractivity (Wildman–Crippen MR) is 41.1 cm³/mol. The van der Waals surface area contributed by atoms with Gasteiger partial charge in [0.05, 0.1) is 5.97 Å². The van der Waals surface area contributed by atoms with E-state index in [4.69, 9.17) is 4.74 Å². The molecule has 0 bridgehead atoms. The molecule has 1 fully saturated rings. The van der Waals surface area contributed by atoms with Crippen LogP contribution >= 0.6 is 11.8 Å². The van der Waals surface area contributed by atoms with Gasteiger partial charge in [0.2, 0.25) is 0 Å². The van der Waals surface area contributed by atoms with E-state index in [9.17, 15) is 9.90 Å². The molecule has 5 heteroatoms. The first-order valence-electron chi connectivity index (χ1n) is 3.72. The van der Waals surface area contributed by atoms with E-state index in [-0.39, 0.29) is 62.6 Å². The third-order valence-corrected chi connectivity index (χ3v) is 2.67. The Hall–Kier alpha value is 1.42. The average molecular weight is 214 g/mol. The van der Waals surface area contributed by atoms with Crippen LogP contribution in [0.4, 0.5) is 0 Å². The predicted octanol–water partition coefficient (Wildman–Crippen LogP) is -3.00. The standard InChI is InChI=1S/C7H12O3S.K/c8-6(9)5-11-7-3-1-2-4-10-7;/h7H,1-5H2,(H,8,9);/q;+1/p-1. The zero-order valence-corrected chi connectivity index (χ0v) is 11.2. The first-order valence-corrected chi connectivity index (χ1v) is 4.77. The molecule has 0 aromatic carbocycles. The number of thioether (sulfide) groups is 1. The number of rotatable bonds is 3. The summed E-state index contributed by atoms with van der Waals surface area (Å²) < 4.78 is 5.30. The first-order chi connectivity index (χ1) is 5.29. The van der Waals surface area contributed by atoms with Crippen molar-refractivity contribution in [3.8, 4) is 0 Å². The molecule has 1 rings (SSSR count). The van der Waals surface area contributed by atoms with Crippen molar-refractivity contribution in [3.63, 3.8) is 0 Å². The number of ether oxygens (including phenoxy) is 1. The van der Waals surface area contributed by atoms with Crippen molar-refractivity contribution in [3.05, 3.63) is 0 Å². The molecule has 1 aliphatic rings. The third kappa shape index (κ3) is 5.96. The summed E-state index contributed by atoms with van der Waals surface area (Å²) in [6, 6.07) is 0. The minimum atomic E-state index is -1.01. The van der Waals surface area contributed by atoms with Gasteiger partial charge < -0.3 is 14.6 Å². The van der Waals surface area contributed by atoms with Crippen LogP contribution < -0.4 is 56.5 Å². The Balaban J connectivity index is 0.00000121. The zero-order valence-electron chi connectivity index (χ0n) is 7.25. The van der Waals surface area contributed by atoms with E-state index in [0.29, 0.717) is 0 Å². The van der Waals surface area contributed by atoms with Gasteiger partial charge in [0.1, 0.15) is 5.44 Å². The SMILES string of the molecule is O=C([O-])CSC1CCCCO1.[K+]. The summed E-state index contributed by atoms with van der Waals surface area (Å²) in [7, 11) is 0. The topological polar surface area (TPSA) is 49.4 Å². The molecule has 1 saturated heterocycles. The average Bonchev–Trinajstić information content (AvgIpc) is 2.03. The van der Waals surface area contributed by atoms with Crippen LogP contribution in [0.2, 0.25) is 0 Å². The number of carboxylic acids is 1. The molecule has 0 aromatic heterocycles. The fraction of sp³-hybridized carbons (Fsp3) is 0.857. The summed E-state index contributed by atoms with van der Waals surface area (Å²) in [4.78, 5) is 10.1. The van der Waals surface area contributed by atoms with Crippen molar-refractivity contribution in [2.45, 2.75) is 24.7 Å². The maximum absolute atomic E-state index is 10.1. The molecule has 1 heterocycles. The molecule has 1 aliphatic heterocycles. The smallest absolute Gasteiger partial charge is 0.549 e. The molecule has 3 nitrogen and oxygen atoms in total. The molecule has 0 aromatic rings. The van der Waals surface area contributed by atoms with Gasteiger partial charge in [-0.2, -0.15) is 0 Å². The first kappa shape index (κ1) is 13.4. The van der Waals surface area contributed by atoms with Gasteiger partial charge >= 0.3 is 51.4 Å². The Morgan fingerprint density at radius 1 is 1.58 bits per heavy atom. The van der Waals surface area contributed by atoms with E-state index in [0.717, 1.165) is 25.9 Å². The molecule has 64 valence electrons. The maximum Gasteiger partial charge on any atom is 1.00 e. The molecular weight excluding hydrogens is 203 g/mol. The van der Waals surface area contributed by atoms with Crippen LogP contribution in [-0.2, 0) is 9.53 Å². The van der Waals surface area contributed by atoms with Crippen molar-refractivity contribution >= 4 is 17.7 Å². The van der Waals surface area contributed by atoms with Crippen LogP contribution in [-0.4, -0.2) is 23.8 Å². The number of carbonyl (C=O) groups is 1.